The van der Waals surface area contributed by atoms with Crippen molar-refractivity contribution in [2.75, 3.05) is 5.32 Å². The van der Waals surface area contributed by atoms with Gasteiger partial charge in [0.2, 0.25) is 0 Å². The maximum Gasteiger partial charge on any atom is 0.256 e. The van der Waals surface area contributed by atoms with Crippen molar-refractivity contribution in [3.05, 3.63) is 82.9 Å². The van der Waals surface area contributed by atoms with Crippen LogP contribution in [-0.2, 0) is 0 Å². The minimum absolute atomic E-state index is 0.177. The summed E-state index contributed by atoms with van der Waals surface area (Å²) in [5, 5.41) is 12.7. The smallest absolute Gasteiger partial charge is 0.256 e. The summed E-state index contributed by atoms with van der Waals surface area (Å²) in [4.78, 5) is 16.4. The fourth-order valence-corrected chi connectivity index (χ4v) is 3.14. The Morgan fingerprint density at radius 1 is 1.11 bits per heavy atom. The van der Waals surface area contributed by atoms with Crippen LogP contribution >= 0.6 is 11.6 Å². The number of aromatic nitrogens is 2. The number of H-pyrrole nitrogens is 1. The lowest BCUT2D eigenvalue weighted by molar-refractivity contribution is 0.100. The van der Waals surface area contributed by atoms with Crippen molar-refractivity contribution in [2.45, 2.75) is 0 Å². The van der Waals surface area contributed by atoms with E-state index in [1.54, 1.807) is 24.4 Å². The number of fused-ring (bicyclic) bond motifs is 1. The van der Waals surface area contributed by atoms with Gasteiger partial charge in [-0.1, -0.05) is 60.1 Å². The van der Waals surface area contributed by atoms with E-state index in [0.29, 0.717) is 16.5 Å². The molecule has 0 aliphatic carbocycles. The van der Waals surface area contributed by atoms with Crippen molar-refractivity contribution in [3.63, 3.8) is 0 Å². The van der Waals surface area contributed by atoms with E-state index in [1.807, 2.05) is 48.5 Å². The Morgan fingerprint density at radius 2 is 1.89 bits per heavy atom. The standard InChI is InChI=1S/C21H16ClN5O/c22-15-8-4-9-16(11-15)25-21-18(19(23)28)20(26-27-21)24-12-14-7-3-6-13-5-1-2-10-17(13)14/h1-12H,(H2,23,28)(H2,25,26,27)/b24-12+. The molecule has 4 aromatic rings. The number of anilines is 2. The second kappa shape index (κ2) is 7.54. The number of aliphatic imine (C=N–C) groups is 1. The fraction of sp³-hybridized carbons (Fsp3) is 0. The molecular weight excluding hydrogens is 374 g/mol. The molecule has 28 heavy (non-hydrogen) atoms. The van der Waals surface area contributed by atoms with Gasteiger partial charge in [-0.3, -0.25) is 9.89 Å². The Hall–Kier alpha value is -3.64. The first-order chi connectivity index (χ1) is 13.6. The van der Waals surface area contributed by atoms with Gasteiger partial charge in [0.1, 0.15) is 5.56 Å². The second-order valence-electron chi connectivity index (χ2n) is 6.12. The molecule has 1 amide bonds. The van der Waals surface area contributed by atoms with Crippen LogP contribution < -0.4 is 11.1 Å². The summed E-state index contributed by atoms with van der Waals surface area (Å²) in [7, 11) is 0. The summed E-state index contributed by atoms with van der Waals surface area (Å²) in [6.07, 6.45) is 1.69. The number of aromatic amines is 1. The minimum Gasteiger partial charge on any atom is -0.365 e. The molecule has 3 aromatic carbocycles. The van der Waals surface area contributed by atoms with Gasteiger partial charge in [0, 0.05) is 22.5 Å². The molecule has 1 aromatic heterocycles. The van der Waals surface area contributed by atoms with Crippen LogP contribution in [0.2, 0.25) is 5.02 Å². The average Bonchev–Trinajstić information content (AvgIpc) is 3.09. The summed E-state index contributed by atoms with van der Waals surface area (Å²) >= 11 is 6.00. The SMILES string of the molecule is NC(=O)c1c(Nc2cccc(Cl)c2)n[nH]c1/N=C/c1cccc2ccccc12. The van der Waals surface area contributed by atoms with Gasteiger partial charge in [0.15, 0.2) is 11.6 Å². The molecule has 0 bridgehead atoms. The van der Waals surface area contributed by atoms with E-state index in [0.717, 1.165) is 16.3 Å². The lowest BCUT2D eigenvalue weighted by Gasteiger charge is -2.05. The van der Waals surface area contributed by atoms with E-state index >= 15 is 0 Å². The Balaban J connectivity index is 1.69. The Bertz CT molecular complexity index is 1190. The number of carbonyl (C=O) groups excluding carboxylic acids is 1. The summed E-state index contributed by atoms with van der Waals surface area (Å²) in [5.41, 5.74) is 7.35. The quantitative estimate of drug-likeness (QED) is 0.427. The first-order valence-electron chi connectivity index (χ1n) is 8.54. The fourth-order valence-electron chi connectivity index (χ4n) is 2.95. The molecule has 0 spiro atoms. The van der Waals surface area contributed by atoms with Gasteiger partial charge in [0.25, 0.3) is 5.91 Å². The van der Waals surface area contributed by atoms with Gasteiger partial charge in [0.05, 0.1) is 0 Å². The van der Waals surface area contributed by atoms with E-state index in [1.165, 1.54) is 0 Å². The largest absolute Gasteiger partial charge is 0.365 e. The van der Waals surface area contributed by atoms with Gasteiger partial charge in [-0.15, -0.1) is 0 Å². The predicted octanol–water partition coefficient (Wildman–Crippen LogP) is 4.81. The molecule has 0 saturated heterocycles. The highest BCUT2D eigenvalue weighted by Gasteiger charge is 2.18. The van der Waals surface area contributed by atoms with E-state index in [2.05, 4.69) is 20.5 Å². The third-order valence-electron chi connectivity index (χ3n) is 4.24. The third kappa shape index (κ3) is 3.58. The van der Waals surface area contributed by atoms with Crippen LogP contribution in [-0.4, -0.2) is 22.3 Å². The molecule has 138 valence electrons. The number of rotatable bonds is 5. The average molecular weight is 390 g/mol. The molecule has 4 rings (SSSR count). The monoisotopic (exact) mass is 389 g/mol. The topological polar surface area (TPSA) is 96.2 Å². The maximum atomic E-state index is 12.0. The number of carbonyl (C=O) groups is 1. The van der Waals surface area contributed by atoms with Crippen LogP contribution in [0.5, 0.6) is 0 Å². The first kappa shape index (κ1) is 17.8. The molecule has 1 heterocycles. The Morgan fingerprint density at radius 3 is 2.71 bits per heavy atom. The minimum atomic E-state index is -0.636. The van der Waals surface area contributed by atoms with E-state index < -0.39 is 5.91 Å². The number of nitrogens with zero attached hydrogens (tertiary/aromatic N) is 2. The van der Waals surface area contributed by atoms with Crippen molar-refractivity contribution in [3.8, 4) is 0 Å². The zero-order valence-electron chi connectivity index (χ0n) is 14.7. The summed E-state index contributed by atoms with van der Waals surface area (Å²) < 4.78 is 0. The maximum absolute atomic E-state index is 12.0. The van der Waals surface area contributed by atoms with Crippen LogP contribution in [0.1, 0.15) is 15.9 Å². The van der Waals surface area contributed by atoms with Gasteiger partial charge in [-0.25, -0.2) is 4.99 Å². The van der Waals surface area contributed by atoms with E-state index in [4.69, 9.17) is 17.3 Å². The van der Waals surface area contributed by atoms with Crippen molar-refractivity contribution >= 4 is 51.8 Å². The van der Waals surface area contributed by atoms with Gasteiger partial charge in [-0.05, 0) is 29.0 Å². The molecule has 6 nitrogen and oxygen atoms in total. The Labute approximate surface area is 166 Å². The molecule has 0 unspecified atom stereocenters. The lowest BCUT2D eigenvalue weighted by Crippen LogP contribution is -2.12. The Kier molecular flexibility index (Phi) is 4.78. The summed E-state index contributed by atoms with van der Waals surface area (Å²) in [5.74, 6) is -0.0619. The van der Waals surface area contributed by atoms with E-state index in [9.17, 15) is 4.79 Å². The van der Waals surface area contributed by atoms with Crippen LogP contribution in [0.15, 0.2) is 71.7 Å². The lowest BCUT2D eigenvalue weighted by atomic mass is 10.1. The number of halogens is 1. The highest BCUT2D eigenvalue weighted by Crippen LogP contribution is 2.27. The van der Waals surface area contributed by atoms with Gasteiger partial charge in [-0.2, -0.15) is 5.10 Å². The van der Waals surface area contributed by atoms with Gasteiger partial charge >= 0.3 is 0 Å². The van der Waals surface area contributed by atoms with E-state index in [-0.39, 0.29) is 11.4 Å². The second-order valence-corrected chi connectivity index (χ2v) is 6.56. The summed E-state index contributed by atoms with van der Waals surface area (Å²) in [6.45, 7) is 0. The number of benzene rings is 3. The molecule has 0 saturated carbocycles. The molecule has 0 atom stereocenters. The predicted molar refractivity (Wildman–Crippen MR) is 113 cm³/mol. The van der Waals surface area contributed by atoms with Crippen LogP contribution in [0.4, 0.5) is 17.3 Å². The number of hydrogen-bond acceptors (Lipinski definition) is 4. The molecule has 4 N–H and O–H groups in total. The number of nitrogens with two attached hydrogens (primary N) is 1. The number of amides is 1. The molecule has 0 fully saturated rings. The molecule has 7 heteroatoms. The van der Waals surface area contributed by atoms with Crippen molar-refractivity contribution in [1.82, 2.24) is 10.2 Å². The number of nitrogens with one attached hydrogen (secondary N) is 2. The third-order valence-corrected chi connectivity index (χ3v) is 4.47. The van der Waals surface area contributed by atoms with Crippen LogP contribution in [0.25, 0.3) is 10.8 Å². The zero-order chi connectivity index (χ0) is 19.5. The zero-order valence-corrected chi connectivity index (χ0v) is 15.4. The van der Waals surface area contributed by atoms with Crippen LogP contribution in [0.3, 0.4) is 0 Å². The highest BCUT2D eigenvalue weighted by molar-refractivity contribution is 6.30. The summed E-state index contributed by atoms with van der Waals surface area (Å²) in [6, 6.07) is 21.0. The van der Waals surface area contributed by atoms with Crippen molar-refractivity contribution < 1.29 is 4.79 Å². The molecule has 0 radical (unpaired) electrons. The molecule has 0 aliphatic rings. The normalized spacial score (nSPS) is 11.2. The number of primary amides is 1. The first-order valence-corrected chi connectivity index (χ1v) is 8.92. The number of hydrogen-bond donors (Lipinski definition) is 3. The molecule has 0 aliphatic heterocycles. The van der Waals surface area contributed by atoms with Crippen LogP contribution in [0, 0.1) is 0 Å². The highest BCUT2D eigenvalue weighted by atomic mass is 35.5. The molecular formula is C21H16ClN5O. The van der Waals surface area contributed by atoms with Crippen molar-refractivity contribution in [2.24, 2.45) is 10.7 Å². The van der Waals surface area contributed by atoms with Crippen molar-refractivity contribution in [1.29, 1.82) is 0 Å². The van der Waals surface area contributed by atoms with Gasteiger partial charge < -0.3 is 11.1 Å².